The minimum absolute atomic E-state index is 0.488. The van der Waals surface area contributed by atoms with Gasteiger partial charge in [0.05, 0.1) is 12.7 Å². The first kappa shape index (κ1) is 12.2. The van der Waals surface area contributed by atoms with Crippen LogP contribution in [0.4, 0.5) is 5.69 Å². The van der Waals surface area contributed by atoms with Crippen LogP contribution in [0.3, 0.4) is 0 Å². The third-order valence-corrected chi connectivity index (χ3v) is 3.83. The lowest BCUT2D eigenvalue weighted by Crippen LogP contribution is -2.00. The molecule has 5 nitrogen and oxygen atoms in total. The minimum atomic E-state index is 0.488. The number of hydrogen-bond acceptors (Lipinski definition) is 4. The molecule has 21 heavy (non-hydrogen) atoms. The molecule has 1 fully saturated rings. The molecular weight excluding hydrogens is 264 g/mol. The normalized spacial score (nSPS) is 14.5. The zero-order chi connectivity index (χ0) is 14.4. The molecule has 2 heterocycles. The summed E-state index contributed by atoms with van der Waals surface area (Å²) in [7, 11) is 1.65. The molecule has 2 aromatic heterocycles. The molecule has 1 saturated carbocycles. The van der Waals surface area contributed by atoms with E-state index in [2.05, 4.69) is 9.55 Å². The topological polar surface area (TPSA) is 66.0 Å². The Labute approximate surface area is 122 Å². The summed E-state index contributed by atoms with van der Waals surface area (Å²) in [4.78, 5) is 9.26. The first-order valence-electron chi connectivity index (χ1n) is 7.05. The highest BCUT2D eigenvalue weighted by Gasteiger charge is 2.30. The smallest absolute Gasteiger partial charge is 0.160 e. The molecule has 0 atom stereocenters. The predicted molar refractivity (Wildman–Crippen MR) is 82.2 cm³/mol. The van der Waals surface area contributed by atoms with Gasteiger partial charge in [-0.1, -0.05) is 0 Å². The maximum absolute atomic E-state index is 5.85. The number of aromatic nitrogens is 3. The number of nitrogens with zero attached hydrogens (tertiary/aromatic N) is 3. The van der Waals surface area contributed by atoms with Gasteiger partial charge in [0, 0.05) is 24.0 Å². The summed E-state index contributed by atoms with van der Waals surface area (Å²) in [6.07, 6.45) is 4.16. The molecule has 1 aliphatic rings. The van der Waals surface area contributed by atoms with Gasteiger partial charge in [-0.3, -0.25) is 0 Å². The van der Waals surface area contributed by atoms with Crippen LogP contribution >= 0.6 is 0 Å². The number of benzene rings is 1. The maximum Gasteiger partial charge on any atom is 0.160 e. The van der Waals surface area contributed by atoms with Crippen molar-refractivity contribution in [2.75, 3.05) is 12.8 Å². The number of rotatable bonds is 3. The molecule has 0 amide bonds. The van der Waals surface area contributed by atoms with Crippen molar-refractivity contribution in [1.29, 1.82) is 0 Å². The molecule has 5 heteroatoms. The van der Waals surface area contributed by atoms with Crippen LogP contribution in [0.1, 0.15) is 18.9 Å². The maximum atomic E-state index is 5.85. The van der Waals surface area contributed by atoms with Crippen molar-refractivity contribution < 1.29 is 4.74 Å². The Balaban J connectivity index is 2.00. The van der Waals surface area contributed by atoms with Crippen LogP contribution in [0, 0.1) is 0 Å². The molecule has 2 N–H and O–H groups in total. The number of ether oxygens (including phenoxy) is 1. The molecule has 0 radical (unpaired) electrons. The molecule has 0 spiro atoms. The van der Waals surface area contributed by atoms with Crippen molar-refractivity contribution in [3.63, 3.8) is 0 Å². The number of pyridine rings is 1. The van der Waals surface area contributed by atoms with Gasteiger partial charge in [-0.25, -0.2) is 9.97 Å². The molecule has 3 aromatic rings. The highest BCUT2D eigenvalue weighted by atomic mass is 16.5. The summed E-state index contributed by atoms with van der Waals surface area (Å²) in [5, 5.41) is 0. The van der Waals surface area contributed by atoms with Gasteiger partial charge >= 0.3 is 0 Å². The summed E-state index contributed by atoms with van der Waals surface area (Å²) in [6.45, 7) is 0. The molecule has 4 rings (SSSR count). The second-order valence-corrected chi connectivity index (χ2v) is 5.34. The Bertz CT molecular complexity index is 820. The van der Waals surface area contributed by atoms with Crippen LogP contribution in [-0.4, -0.2) is 21.6 Å². The number of hydrogen-bond donors (Lipinski definition) is 1. The number of nitrogen functional groups attached to an aromatic ring is 1. The molecule has 0 bridgehead atoms. The van der Waals surface area contributed by atoms with E-state index in [1.165, 1.54) is 12.8 Å². The number of anilines is 1. The Morgan fingerprint density at radius 3 is 2.90 bits per heavy atom. The van der Waals surface area contributed by atoms with Crippen molar-refractivity contribution in [3.05, 3.63) is 36.5 Å². The van der Waals surface area contributed by atoms with Gasteiger partial charge in [0.2, 0.25) is 0 Å². The number of fused-ring (bicyclic) bond motifs is 1. The third-order valence-electron chi connectivity index (χ3n) is 3.83. The second-order valence-electron chi connectivity index (χ2n) is 5.34. The zero-order valence-electron chi connectivity index (χ0n) is 11.8. The first-order valence-corrected chi connectivity index (χ1v) is 7.05. The second kappa shape index (κ2) is 4.48. The molecule has 0 unspecified atom stereocenters. The van der Waals surface area contributed by atoms with E-state index in [0.29, 0.717) is 11.7 Å². The Morgan fingerprint density at radius 1 is 1.29 bits per heavy atom. The lowest BCUT2D eigenvalue weighted by molar-refractivity contribution is 0.416. The van der Waals surface area contributed by atoms with Crippen molar-refractivity contribution in [2.24, 2.45) is 0 Å². The fourth-order valence-electron chi connectivity index (χ4n) is 2.69. The van der Waals surface area contributed by atoms with Crippen molar-refractivity contribution in [3.8, 4) is 17.1 Å². The lowest BCUT2D eigenvalue weighted by atomic mass is 10.1. The van der Waals surface area contributed by atoms with E-state index < -0.39 is 0 Å². The van der Waals surface area contributed by atoms with Crippen LogP contribution in [0.5, 0.6) is 5.75 Å². The highest BCUT2D eigenvalue weighted by Crippen LogP contribution is 2.42. The summed E-state index contributed by atoms with van der Waals surface area (Å²) in [5.41, 5.74) is 9.34. The lowest BCUT2D eigenvalue weighted by Gasteiger charge is -2.11. The van der Waals surface area contributed by atoms with Crippen molar-refractivity contribution in [2.45, 2.75) is 18.9 Å². The van der Waals surface area contributed by atoms with E-state index in [-0.39, 0.29) is 0 Å². The van der Waals surface area contributed by atoms with Gasteiger partial charge in [-0.15, -0.1) is 0 Å². The molecule has 0 aliphatic heterocycles. The Morgan fingerprint density at radius 2 is 2.14 bits per heavy atom. The minimum Gasteiger partial charge on any atom is -0.496 e. The van der Waals surface area contributed by atoms with E-state index in [9.17, 15) is 0 Å². The van der Waals surface area contributed by atoms with Crippen LogP contribution in [0.15, 0.2) is 36.5 Å². The Kier molecular flexibility index (Phi) is 2.60. The van der Waals surface area contributed by atoms with Gasteiger partial charge in [-0.05, 0) is 37.1 Å². The third kappa shape index (κ3) is 1.93. The SMILES string of the molecule is COc1cc(N)ccc1-c1nc2cccnc2n1C1CC1. The quantitative estimate of drug-likeness (QED) is 0.749. The van der Waals surface area contributed by atoms with E-state index in [1.807, 2.05) is 36.5 Å². The molecule has 1 aromatic carbocycles. The van der Waals surface area contributed by atoms with Gasteiger partial charge in [0.1, 0.15) is 17.1 Å². The fraction of sp³-hybridized carbons (Fsp3) is 0.250. The largest absolute Gasteiger partial charge is 0.496 e. The molecular formula is C16H16N4O. The van der Waals surface area contributed by atoms with Crippen LogP contribution < -0.4 is 10.5 Å². The summed E-state index contributed by atoms with van der Waals surface area (Å²) < 4.78 is 7.70. The predicted octanol–water partition coefficient (Wildman–Crippen LogP) is 3.02. The fourth-order valence-corrected chi connectivity index (χ4v) is 2.69. The summed E-state index contributed by atoms with van der Waals surface area (Å²) in [6, 6.07) is 10.1. The van der Waals surface area contributed by atoms with Gasteiger partial charge in [0.25, 0.3) is 0 Å². The Hall–Kier alpha value is -2.56. The van der Waals surface area contributed by atoms with E-state index in [1.54, 1.807) is 7.11 Å². The van der Waals surface area contributed by atoms with Gasteiger partial charge in [-0.2, -0.15) is 0 Å². The average molecular weight is 280 g/mol. The number of nitrogens with two attached hydrogens (primary N) is 1. The van der Waals surface area contributed by atoms with E-state index in [0.717, 1.165) is 28.3 Å². The molecule has 0 saturated heterocycles. The van der Waals surface area contributed by atoms with Crippen molar-refractivity contribution in [1.82, 2.24) is 14.5 Å². The summed E-state index contributed by atoms with van der Waals surface area (Å²) in [5.74, 6) is 1.65. The number of imidazole rings is 1. The average Bonchev–Trinajstić information content (AvgIpc) is 3.27. The van der Waals surface area contributed by atoms with Crippen LogP contribution in [-0.2, 0) is 0 Å². The molecule has 106 valence electrons. The van der Waals surface area contributed by atoms with Crippen LogP contribution in [0.25, 0.3) is 22.6 Å². The van der Waals surface area contributed by atoms with Gasteiger partial charge in [0.15, 0.2) is 5.65 Å². The number of methoxy groups -OCH3 is 1. The van der Waals surface area contributed by atoms with E-state index >= 15 is 0 Å². The van der Waals surface area contributed by atoms with E-state index in [4.69, 9.17) is 15.5 Å². The standard InChI is InChI=1S/C16H16N4O/c1-21-14-9-10(17)4-7-12(14)15-19-13-3-2-8-18-16(13)20(15)11-5-6-11/h2-4,7-9,11H,5-6,17H2,1H3. The zero-order valence-corrected chi connectivity index (χ0v) is 11.8. The highest BCUT2D eigenvalue weighted by molar-refractivity contribution is 5.80. The molecule has 1 aliphatic carbocycles. The van der Waals surface area contributed by atoms with Crippen molar-refractivity contribution >= 4 is 16.9 Å². The monoisotopic (exact) mass is 280 g/mol. The first-order chi connectivity index (χ1) is 10.3. The van der Waals surface area contributed by atoms with Gasteiger partial charge < -0.3 is 15.0 Å². The summed E-state index contributed by atoms with van der Waals surface area (Å²) >= 11 is 0. The van der Waals surface area contributed by atoms with Crippen LogP contribution in [0.2, 0.25) is 0 Å².